The van der Waals surface area contributed by atoms with E-state index in [1.165, 1.54) is 0 Å². The van der Waals surface area contributed by atoms with Crippen molar-refractivity contribution in [2.45, 2.75) is 6.67 Å². The summed E-state index contributed by atoms with van der Waals surface area (Å²) >= 11 is 0. The van der Waals surface area contributed by atoms with Gasteiger partial charge in [0.25, 0.3) is 0 Å². The van der Waals surface area contributed by atoms with E-state index in [1.807, 2.05) is 0 Å². The van der Waals surface area contributed by atoms with Crippen molar-refractivity contribution in [3.8, 4) is 0 Å². The average Bonchev–Trinajstić information content (AvgIpc) is 1.88. The number of nitrogen functional groups attached to an aromatic ring is 2. The number of rotatable bonds is 1. The highest BCUT2D eigenvalue weighted by atomic mass is 19.1. The Morgan fingerprint density at radius 1 is 1.20 bits per heavy atom. The maximum Gasteiger partial charge on any atom is 0.118 e. The molecular weight excluding hydrogens is 131 g/mol. The first-order chi connectivity index (χ1) is 4.75. The van der Waals surface area contributed by atoms with Gasteiger partial charge in [0.2, 0.25) is 0 Å². The molecule has 0 aromatic heterocycles. The van der Waals surface area contributed by atoms with Crippen molar-refractivity contribution >= 4 is 11.4 Å². The van der Waals surface area contributed by atoms with Gasteiger partial charge in [0, 0.05) is 16.9 Å². The Morgan fingerprint density at radius 2 is 1.70 bits per heavy atom. The van der Waals surface area contributed by atoms with E-state index in [0.29, 0.717) is 16.9 Å². The Balaban J connectivity index is 3.17. The second-order valence-electron chi connectivity index (χ2n) is 2.05. The molecule has 2 nitrogen and oxygen atoms in total. The predicted molar refractivity (Wildman–Crippen MR) is 40.1 cm³/mol. The highest BCUT2D eigenvalue weighted by Gasteiger charge is 2.00. The van der Waals surface area contributed by atoms with Gasteiger partial charge >= 0.3 is 0 Å². The minimum Gasteiger partial charge on any atom is -0.398 e. The van der Waals surface area contributed by atoms with Crippen LogP contribution in [0.15, 0.2) is 18.2 Å². The summed E-state index contributed by atoms with van der Waals surface area (Å²) in [6, 6.07) is 4.96. The molecule has 0 saturated carbocycles. The lowest BCUT2D eigenvalue weighted by Gasteiger charge is -2.02. The molecule has 54 valence electrons. The summed E-state index contributed by atoms with van der Waals surface area (Å²) in [5.41, 5.74) is 12.1. The zero-order chi connectivity index (χ0) is 7.56. The summed E-state index contributed by atoms with van der Waals surface area (Å²) < 4.78 is 12.1. The first-order valence-corrected chi connectivity index (χ1v) is 2.94. The molecule has 0 saturated heterocycles. The molecule has 0 aliphatic rings. The van der Waals surface area contributed by atoms with Gasteiger partial charge in [-0.25, -0.2) is 4.39 Å². The molecule has 0 spiro atoms. The largest absolute Gasteiger partial charge is 0.398 e. The molecular formula is C7H9FN2. The van der Waals surface area contributed by atoms with E-state index in [-0.39, 0.29) is 0 Å². The second kappa shape index (κ2) is 2.56. The minimum absolute atomic E-state index is 0.391. The van der Waals surface area contributed by atoms with Gasteiger partial charge in [-0.15, -0.1) is 0 Å². The van der Waals surface area contributed by atoms with E-state index in [9.17, 15) is 4.39 Å². The standard InChI is InChI=1S/C7H9FN2/c8-4-5-6(9)2-1-3-7(5)10/h1-3H,4,9-10H2. The Bertz CT molecular complexity index is 215. The van der Waals surface area contributed by atoms with Gasteiger partial charge in [-0.05, 0) is 12.1 Å². The monoisotopic (exact) mass is 140 g/mol. The predicted octanol–water partition coefficient (Wildman–Crippen LogP) is 1.32. The molecule has 0 amide bonds. The van der Waals surface area contributed by atoms with Crippen LogP contribution in [0, 0.1) is 0 Å². The molecule has 0 radical (unpaired) electrons. The van der Waals surface area contributed by atoms with Crippen molar-refractivity contribution in [2.75, 3.05) is 11.5 Å². The van der Waals surface area contributed by atoms with E-state index in [4.69, 9.17) is 11.5 Å². The average molecular weight is 140 g/mol. The molecule has 4 N–H and O–H groups in total. The van der Waals surface area contributed by atoms with Gasteiger partial charge in [-0.3, -0.25) is 0 Å². The summed E-state index contributed by atoms with van der Waals surface area (Å²) in [7, 11) is 0. The molecule has 0 heterocycles. The van der Waals surface area contributed by atoms with Crippen LogP contribution in [0.2, 0.25) is 0 Å². The summed E-state index contributed by atoms with van der Waals surface area (Å²) in [6.07, 6.45) is 0. The van der Waals surface area contributed by atoms with Crippen LogP contribution in [0.3, 0.4) is 0 Å². The normalized spacial score (nSPS) is 9.70. The van der Waals surface area contributed by atoms with Crippen LogP contribution in [0.5, 0.6) is 0 Å². The molecule has 1 aromatic carbocycles. The summed E-state index contributed by atoms with van der Waals surface area (Å²) in [5, 5.41) is 0. The third kappa shape index (κ3) is 1.03. The van der Waals surface area contributed by atoms with Crippen LogP contribution in [0.1, 0.15) is 5.56 Å². The van der Waals surface area contributed by atoms with Gasteiger partial charge < -0.3 is 11.5 Å². The van der Waals surface area contributed by atoms with Crippen molar-refractivity contribution in [2.24, 2.45) is 0 Å². The zero-order valence-electron chi connectivity index (χ0n) is 5.47. The number of anilines is 2. The number of nitrogens with two attached hydrogens (primary N) is 2. The molecule has 0 fully saturated rings. The van der Waals surface area contributed by atoms with Gasteiger partial charge in [0.1, 0.15) is 6.67 Å². The maximum absolute atomic E-state index is 12.1. The van der Waals surface area contributed by atoms with Gasteiger partial charge in [-0.2, -0.15) is 0 Å². The SMILES string of the molecule is Nc1cccc(N)c1CF. The lowest BCUT2D eigenvalue weighted by atomic mass is 10.1. The third-order valence-electron chi connectivity index (χ3n) is 1.38. The fraction of sp³-hybridized carbons (Fsp3) is 0.143. The maximum atomic E-state index is 12.1. The van der Waals surface area contributed by atoms with E-state index < -0.39 is 6.67 Å². The summed E-state index contributed by atoms with van der Waals surface area (Å²) in [6.45, 7) is -0.599. The molecule has 0 bridgehead atoms. The van der Waals surface area contributed by atoms with E-state index in [0.717, 1.165) is 0 Å². The molecule has 0 atom stereocenters. The van der Waals surface area contributed by atoms with Crippen LogP contribution in [0.4, 0.5) is 15.8 Å². The fourth-order valence-electron chi connectivity index (χ4n) is 0.778. The molecule has 3 heteroatoms. The molecule has 0 aliphatic carbocycles. The van der Waals surface area contributed by atoms with Gasteiger partial charge in [0.15, 0.2) is 0 Å². The summed E-state index contributed by atoms with van der Waals surface area (Å²) in [5.74, 6) is 0. The molecule has 10 heavy (non-hydrogen) atoms. The van der Waals surface area contributed by atoms with Gasteiger partial charge in [0.05, 0.1) is 0 Å². The zero-order valence-corrected chi connectivity index (χ0v) is 5.47. The Labute approximate surface area is 58.6 Å². The number of alkyl halides is 1. The van der Waals surface area contributed by atoms with Crippen molar-refractivity contribution in [1.29, 1.82) is 0 Å². The van der Waals surface area contributed by atoms with Crippen LogP contribution in [0.25, 0.3) is 0 Å². The molecule has 1 aromatic rings. The Kier molecular flexibility index (Phi) is 1.76. The van der Waals surface area contributed by atoms with E-state index >= 15 is 0 Å². The van der Waals surface area contributed by atoms with Crippen LogP contribution in [-0.2, 0) is 6.67 Å². The van der Waals surface area contributed by atoms with Crippen LogP contribution < -0.4 is 11.5 Å². The van der Waals surface area contributed by atoms with E-state index in [1.54, 1.807) is 18.2 Å². The van der Waals surface area contributed by atoms with Crippen molar-refractivity contribution in [3.63, 3.8) is 0 Å². The lowest BCUT2D eigenvalue weighted by Crippen LogP contribution is -1.97. The van der Waals surface area contributed by atoms with Crippen molar-refractivity contribution < 1.29 is 4.39 Å². The number of halogens is 1. The molecule has 1 rings (SSSR count). The highest BCUT2D eigenvalue weighted by molar-refractivity contribution is 5.60. The Morgan fingerprint density at radius 3 is 2.00 bits per heavy atom. The Hall–Kier alpha value is -1.25. The van der Waals surface area contributed by atoms with E-state index in [2.05, 4.69) is 0 Å². The van der Waals surface area contributed by atoms with Gasteiger partial charge in [-0.1, -0.05) is 6.07 Å². The molecule has 0 aliphatic heterocycles. The molecule has 0 unspecified atom stereocenters. The summed E-state index contributed by atoms with van der Waals surface area (Å²) in [4.78, 5) is 0. The van der Waals surface area contributed by atoms with Crippen molar-refractivity contribution in [1.82, 2.24) is 0 Å². The van der Waals surface area contributed by atoms with Crippen molar-refractivity contribution in [3.05, 3.63) is 23.8 Å². The quantitative estimate of drug-likeness (QED) is 0.578. The minimum atomic E-state index is -0.599. The highest BCUT2D eigenvalue weighted by Crippen LogP contribution is 2.19. The first-order valence-electron chi connectivity index (χ1n) is 2.94. The topological polar surface area (TPSA) is 52.0 Å². The smallest absolute Gasteiger partial charge is 0.118 e. The number of hydrogen-bond donors (Lipinski definition) is 2. The lowest BCUT2D eigenvalue weighted by molar-refractivity contribution is 0.487. The second-order valence-corrected chi connectivity index (χ2v) is 2.05. The fourth-order valence-corrected chi connectivity index (χ4v) is 0.778. The number of benzene rings is 1. The van der Waals surface area contributed by atoms with Crippen LogP contribution in [-0.4, -0.2) is 0 Å². The van der Waals surface area contributed by atoms with Crippen LogP contribution >= 0.6 is 0 Å². The third-order valence-corrected chi connectivity index (χ3v) is 1.38. The number of hydrogen-bond acceptors (Lipinski definition) is 2. The first kappa shape index (κ1) is 6.86.